The summed E-state index contributed by atoms with van der Waals surface area (Å²) < 4.78 is 20.3. The lowest BCUT2D eigenvalue weighted by molar-refractivity contribution is -0.117. The van der Waals surface area contributed by atoms with E-state index in [-0.39, 0.29) is 29.9 Å². The summed E-state index contributed by atoms with van der Waals surface area (Å²) in [5, 5.41) is 2.93. The van der Waals surface area contributed by atoms with Crippen LogP contribution in [-0.2, 0) is 17.8 Å². The molecule has 5 rings (SSSR count). The highest BCUT2D eigenvalue weighted by atomic mass is 19.1. The van der Waals surface area contributed by atoms with Crippen LogP contribution in [0, 0.1) is 5.82 Å². The second-order valence-electron chi connectivity index (χ2n) is 8.67. The molecular formula is C31H25FN2O3. The zero-order valence-electron chi connectivity index (χ0n) is 20.1. The van der Waals surface area contributed by atoms with Gasteiger partial charge < -0.3 is 10.1 Å². The fraction of sp³-hybridized carbons (Fsp3) is 0.0968. The Balaban J connectivity index is 1.31. The van der Waals surface area contributed by atoms with E-state index in [2.05, 4.69) is 5.32 Å². The van der Waals surface area contributed by atoms with Crippen molar-refractivity contribution in [2.24, 2.45) is 0 Å². The molecule has 2 amide bonds. The molecule has 0 saturated heterocycles. The number of halogens is 1. The minimum Gasteiger partial charge on any atom is -0.449 e. The molecule has 4 aromatic carbocycles. The summed E-state index contributed by atoms with van der Waals surface area (Å²) in [6, 6.07) is 30.5. The zero-order valence-corrected chi connectivity index (χ0v) is 20.1. The van der Waals surface area contributed by atoms with Crippen molar-refractivity contribution in [3.63, 3.8) is 0 Å². The van der Waals surface area contributed by atoms with Gasteiger partial charge >= 0.3 is 0 Å². The molecule has 0 aliphatic carbocycles. The molecule has 5 nitrogen and oxygen atoms in total. The molecule has 6 heteroatoms. The maximum atomic E-state index is 14.3. The van der Waals surface area contributed by atoms with E-state index in [1.165, 1.54) is 11.0 Å². The Kier molecular flexibility index (Phi) is 7.08. The number of nitrogens with zero attached hydrogens (tertiary/aromatic N) is 1. The molecule has 0 atom stereocenters. The summed E-state index contributed by atoms with van der Waals surface area (Å²) in [6.45, 7) is 0.611. The molecule has 4 aromatic rings. The summed E-state index contributed by atoms with van der Waals surface area (Å²) >= 11 is 0. The quantitative estimate of drug-likeness (QED) is 0.334. The van der Waals surface area contributed by atoms with Crippen LogP contribution < -0.4 is 15.0 Å². The Bertz CT molecular complexity index is 1450. The van der Waals surface area contributed by atoms with E-state index < -0.39 is 0 Å². The Morgan fingerprint density at radius 3 is 2.35 bits per heavy atom. The van der Waals surface area contributed by atoms with Gasteiger partial charge in [0.05, 0.1) is 12.2 Å². The highest BCUT2D eigenvalue weighted by Gasteiger charge is 2.30. The number of ether oxygens (including phenoxy) is 1. The normalized spacial score (nSPS) is 13.7. The molecule has 0 radical (unpaired) electrons. The molecule has 0 aromatic heterocycles. The maximum absolute atomic E-state index is 14.3. The number of amides is 2. The molecule has 1 N–H and O–H groups in total. The number of hydrogen-bond acceptors (Lipinski definition) is 3. The van der Waals surface area contributed by atoms with Gasteiger partial charge in [-0.25, -0.2) is 4.39 Å². The smallest absolute Gasteiger partial charge is 0.294 e. The maximum Gasteiger partial charge on any atom is 0.294 e. The third-order valence-corrected chi connectivity index (χ3v) is 6.13. The van der Waals surface area contributed by atoms with Crippen LogP contribution in [0.5, 0.6) is 5.75 Å². The summed E-state index contributed by atoms with van der Waals surface area (Å²) in [5.74, 6) is -0.272. The summed E-state index contributed by atoms with van der Waals surface area (Å²) in [6.07, 6.45) is 2.38. The van der Waals surface area contributed by atoms with Gasteiger partial charge in [-0.1, -0.05) is 72.8 Å². The fourth-order valence-corrected chi connectivity index (χ4v) is 4.17. The first-order valence-electron chi connectivity index (χ1n) is 12.0. The molecule has 1 heterocycles. The van der Waals surface area contributed by atoms with Crippen molar-refractivity contribution >= 4 is 23.6 Å². The van der Waals surface area contributed by atoms with Crippen LogP contribution in [-0.4, -0.2) is 18.4 Å². The molecule has 0 fully saturated rings. The molecule has 184 valence electrons. The van der Waals surface area contributed by atoms with E-state index in [0.717, 1.165) is 12.0 Å². The average Bonchev–Trinajstić information content (AvgIpc) is 2.93. The van der Waals surface area contributed by atoms with Crippen LogP contribution >= 0.6 is 0 Å². The second-order valence-corrected chi connectivity index (χ2v) is 8.67. The zero-order chi connectivity index (χ0) is 25.6. The minimum absolute atomic E-state index is 0.0747. The molecule has 0 unspecified atom stereocenters. The number of benzene rings is 4. The predicted molar refractivity (Wildman–Crippen MR) is 142 cm³/mol. The lowest BCUT2D eigenvalue weighted by Gasteiger charge is -2.30. The molecule has 37 heavy (non-hydrogen) atoms. The highest BCUT2D eigenvalue weighted by Crippen LogP contribution is 2.36. The van der Waals surface area contributed by atoms with Crippen LogP contribution in [0.3, 0.4) is 0 Å². The van der Waals surface area contributed by atoms with Crippen LogP contribution in [0.1, 0.15) is 27.0 Å². The first-order valence-corrected chi connectivity index (χ1v) is 12.0. The van der Waals surface area contributed by atoms with Gasteiger partial charge in [0.15, 0.2) is 11.5 Å². The van der Waals surface area contributed by atoms with Gasteiger partial charge in [-0.3, -0.25) is 14.5 Å². The third-order valence-electron chi connectivity index (χ3n) is 6.13. The SMILES string of the molecule is O=C(NCCc1ccccc1)c1ccc(C=C2Oc3ccccc3N(Cc3ccccc3F)C2=O)cc1. The number of carbonyl (C=O) groups excluding carboxylic acids is 2. The van der Waals surface area contributed by atoms with Crippen molar-refractivity contribution in [2.75, 3.05) is 11.4 Å². The van der Waals surface area contributed by atoms with Crippen molar-refractivity contribution in [2.45, 2.75) is 13.0 Å². The van der Waals surface area contributed by atoms with Crippen LogP contribution in [0.15, 0.2) is 109 Å². The lowest BCUT2D eigenvalue weighted by atomic mass is 10.1. The minimum atomic E-state index is -0.373. The van der Waals surface area contributed by atoms with Crippen molar-refractivity contribution < 1.29 is 18.7 Å². The van der Waals surface area contributed by atoms with E-state index in [1.54, 1.807) is 60.7 Å². The molecule has 1 aliphatic heterocycles. The van der Waals surface area contributed by atoms with E-state index in [9.17, 15) is 14.0 Å². The van der Waals surface area contributed by atoms with Gasteiger partial charge in [0, 0.05) is 17.7 Å². The molecular weight excluding hydrogens is 467 g/mol. The van der Waals surface area contributed by atoms with Gasteiger partial charge in [-0.2, -0.15) is 0 Å². The molecule has 0 bridgehead atoms. The van der Waals surface area contributed by atoms with Crippen LogP contribution in [0.4, 0.5) is 10.1 Å². The first-order chi connectivity index (χ1) is 18.1. The highest BCUT2D eigenvalue weighted by molar-refractivity contribution is 6.09. The van der Waals surface area contributed by atoms with Crippen molar-refractivity contribution in [3.8, 4) is 5.75 Å². The Hall–Kier alpha value is -4.71. The van der Waals surface area contributed by atoms with E-state index >= 15 is 0 Å². The molecule has 0 spiro atoms. The van der Waals surface area contributed by atoms with Crippen molar-refractivity contribution in [1.29, 1.82) is 0 Å². The van der Waals surface area contributed by atoms with Gasteiger partial charge in [-0.05, 0) is 54.0 Å². The van der Waals surface area contributed by atoms with Crippen LogP contribution in [0.25, 0.3) is 6.08 Å². The van der Waals surface area contributed by atoms with E-state index in [4.69, 9.17) is 4.74 Å². The Morgan fingerprint density at radius 2 is 1.57 bits per heavy atom. The average molecular weight is 493 g/mol. The molecule has 0 saturated carbocycles. The van der Waals surface area contributed by atoms with E-state index in [0.29, 0.717) is 34.7 Å². The molecule has 1 aliphatic rings. The summed E-state index contributed by atoms with van der Waals surface area (Å²) in [7, 11) is 0. The monoisotopic (exact) mass is 492 g/mol. The van der Waals surface area contributed by atoms with Gasteiger partial charge in [-0.15, -0.1) is 0 Å². The van der Waals surface area contributed by atoms with Gasteiger partial charge in [0.2, 0.25) is 0 Å². The number of carbonyl (C=O) groups is 2. The number of fused-ring (bicyclic) bond motifs is 1. The fourth-order valence-electron chi connectivity index (χ4n) is 4.17. The Morgan fingerprint density at radius 1 is 0.865 bits per heavy atom. The lowest BCUT2D eigenvalue weighted by Crippen LogP contribution is -2.37. The Labute approximate surface area is 214 Å². The second kappa shape index (κ2) is 10.9. The number of anilines is 1. The first kappa shape index (κ1) is 24.0. The largest absolute Gasteiger partial charge is 0.449 e. The number of hydrogen-bond donors (Lipinski definition) is 1. The third kappa shape index (κ3) is 5.59. The van der Waals surface area contributed by atoms with Gasteiger partial charge in [0.25, 0.3) is 11.8 Å². The van der Waals surface area contributed by atoms with E-state index in [1.807, 2.05) is 42.5 Å². The van der Waals surface area contributed by atoms with Crippen molar-refractivity contribution in [1.82, 2.24) is 5.32 Å². The predicted octanol–water partition coefficient (Wildman–Crippen LogP) is 5.76. The van der Waals surface area contributed by atoms with Crippen LogP contribution in [0.2, 0.25) is 0 Å². The van der Waals surface area contributed by atoms with Crippen molar-refractivity contribution in [3.05, 3.63) is 137 Å². The topological polar surface area (TPSA) is 58.6 Å². The number of rotatable bonds is 7. The number of para-hydroxylation sites is 2. The summed E-state index contributed by atoms with van der Waals surface area (Å²) in [4.78, 5) is 27.4. The summed E-state index contributed by atoms with van der Waals surface area (Å²) in [5.41, 5.74) is 3.38. The standard InChI is InChI=1S/C31H25FN2O3/c32-26-11-5-4-10-25(26)21-34-27-12-6-7-13-28(27)37-29(31(34)36)20-23-14-16-24(17-15-23)30(35)33-19-18-22-8-2-1-3-9-22/h1-17,20H,18-19,21H2,(H,33,35). The number of nitrogens with one attached hydrogen (secondary N) is 1. The van der Waals surface area contributed by atoms with Gasteiger partial charge in [0.1, 0.15) is 5.82 Å².